The van der Waals surface area contributed by atoms with Crippen LogP contribution in [0.4, 0.5) is 0 Å². The number of hydrogen-bond acceptors (Lipinski definition) is 3. The molecule has 3 heteroatoms. The van der Waals surface area contributed by atoms with Crippen LogP contribution in [0.5, 0.6) is 11.5 Å². The van der Waals surface area contributed by atoms with Crippen molar-refractivity contribution in [2.45, 2.75) is 24.8 Å². The van der Waals surface area contributed by atoms with Crippen LogP contribution in [0.25, 0.3) is 0 Å². The number of piperidine rings is 1. The number of methoxy groups -OCH3 is 1. The maximum absolute atomic E-state index is 5.92. The van der Waals surface area contributed by atoms with Crippen molar-refractivity contribution in [3.05, 3.63) is 23.8 Å². The number of likely N-dealkylation sites (N-methyl/N-ethyl adjacent to an activating group) is 1. The normalized spacial score (nSPS) is 27.9. The summed E-state index contributed by atoms with van der Waals surface area (Å²) in [7, 11) is 3.91. The van der Waals surface area contributed by atoms with Gasteiger partial charge in [0, 0.05) is 11.5 Å². The number of likely N-dealkylation sites (tertiary alicyclic amines) is 1. The minimum Gasteiger partial charge on any atom is -0.493 e. The van der Waals surface area contributed by atoms with Crippen molar-refractivity contribution < 1.29 is 9.47 Å². The molecule has 2 heterocycles. The zero-order valence-corrected chi connectivity index (χ0v) is 10.5. The van der Waals surface area contributed by atoms with E-state index in [9.17, 15) is 0 Å². The highest BCUT2D eigenvalue weighted by atomic mass is 16.5. The van der Waals surface area contributed by atoms with Crippen LogP contribution in [0, 0.1) is 0 Å². The van der Waals surface area contributed by atoms with Gasteiger partial charge in [-0.25, -0.2) is 0 Å². The Morgan fingerprint density at radius 1 is 1.41 bits per heavy atom. The quantitative estimate of drug-likeness (QED) is 0.742. The van der Waals surface area contributed by atoms with Crippen LogP contribution in [0.2, 0.25) is 0 Å². The largest absolute Gasteiger partial charge is 0.493 e. The molecular formula is C14H19NO2. The predicted octanol–water partition coefficient (Wildman–Crippen LogP) is 2.27. The van der Waals surface area contributed by atoms with Gasteiger partial charge < -0.3 is 9.47 Å². The molecule has 0 spiro atoms. The number of ether oxygens (including phenoxy) is 2. The topological polar surface area (TPSA) is 21.7 Å². The van der Waals surface area contributed by atoms with Gasteiger partial charge in [-0.3, -0.25) is 4.90 Å². The number of rotatable bonds is 1. The number of para-hydroxylation sites is 1. The Morgan fingerprint density at radius 2 is 2.29 bits per heavy atom. The number of benzene rings is 1. The van der Waals surface area contributed by atoms with E-state index in [1.165, 1.54) is 24.9 Å². The Bertz CT molecular complexity index is 419. The third-order valence-corrected chi connectivity index (χ3v) is 4.08. The first-order valence-corrected chi connectivity index (χ1v) is 6.31. The fourth-order valence-corrected chi connectivity index (χ4v) is 3.14. The van der Waals surface area contributed by atoms with Crippen LogP contribution < -0.4 is 9.47 Å². The third kappa shape index (κ3) is 1.69. The van der Waals surface area contributed by atoms with E-state index >= 15 is 0 Å². The zero-order chi connectivity index (χ0) is 11.8. The molecule has 1 saturated heterocycles. The number of nitrogens with zero attached hydrogens (tertiary/aromatic N) is 1. The van der Waals surface area contributed by atoms with Gasteiger partial charge in [0.15, 0.2) is 11.5 Å². The summed E-state index contributed by atoms with van der Waals surface area (Å²) < 4.78 is 11.3. The summed E-state index contributed by atoms with van der Waals surface area (Å²) in [4.78, 5) is 2.43. The average molecular weight is 233 g/mol. The molecule has 1 aromatic carbocycles. The van der Waals surface area contributed by atoms with Gasteiger partial charge >= 0.3 is 0 Å². The molecule has 2 atom stereocenters. The van der Waals surface area contributed by atoms with Gasteiger partial charge in [0.1, 0.15) is 6.61 Å². The van der Waals surface area contributed by atoms with Crippen molar-refractivity contribution in [1.29, 1.82) is 0 Å². The highest BCUT2D eigenvalue weighted by Crippen LogP contribution is 2.44. The molecule has 3 nitrogen and oxygen atoms in total. The lowest BCUT2D eigenvalue weighted by Crippen LogP contribution is -2.47. The molecule has 2 aliphatic rings. The monoisotopic (exact) mass is 233 g/mol. The fourth-order valence-electron chi connectivity index (χ4n) is 3.14. The predicted molar refractivity (Wildman–Crippen MR) is 66.9 cm³/mol. The van der Waals surface area contributed by atoms with Gasteiger partial charge in [-0.1, -0.05) is 12.1 Å². The lowest BCUT2D eigenvalue weighted by molar-refractivity contribution is 0.0848. The molecule has 3 rings (SSSR count). The van der Waals surface area contributed by atoms with E-state index in [2.05, 4.69) is 24.1 Å². The van der Waals surface area contributed by atoms with Crippen LogP contribution in [0.15, 0.2) is 18.2 Å². The first kappa shape index (κ1) is 10.9. The van der Waals surface area contributed by atoms with Crippen LogP contribution >= 0.6 is 0 Å². The van der Waals surface area contributed by atoms with Crippen molar-refractivity contribution >= 4 is 0 Å². The molecule has 2 aliphatic heterocycles. The molecule has 1 fully saturated rings. The lowest BCUT2D eigenvalue weighted by Gasteiger charge is -2.42. The minimum absolute atomic E-state index is 0.531. The summed E-state index contributed by atoms with van der Waals surface area (Å²) in [5.41, 5.74) is 1.33. The van der Waals surface area contributed by atoms with E-state index in [-0.39, 0.29) is 0 Å². The summed E-state index contributed by atoms with van der Waals surface area (Å²) in [6, 6.07) is 6.76. The van der Waals surface area contributed by atoms with Gasteiger partial charge in [-0.15, -0.1) is 0 Å². The first-order chi connectivity index (χ1) is 8.31. The van der Waals surface area contributed by atoms with Gasteiger partial charge in [-0.2, -0.15) is 0 Å². The van der Waals surface area contributed by atoms with Crippen LogP contribution in [0.3, 0.4) is 0 Å². The van der Waals surface area contributed by atoms with Crippen molar-refractivity contribution in [1.82, 2.24) is 4.90 Å². The van der Waals surface area contributed by atoms with Crippen LogP contribution in [0.1, 0.15) is 24.3 Å². The van der Waals surface area contributed by atoms with Crippen molar-refractivity contribution in [3.8, 4) is 11.5 Å². The Kier molecular flexibility index (Phi) is 2.71. The molecule has 0 saturated carbocycles. The van der Waals surface area contributed by atoms with Gasteiger partial charge in [0.25, 0.3) is 0 Å². The Hall–Kier alpha value is -1.22. The summed E-state index contributed by atoms with van der Waals surface area (Å²) in [5, 5.41) is 0. The summed E-state index contributed by atoms with van der Waals surface area (Å²) in [6.07, 6.45) is 2.53. The highest BCUT2D eigenvalue weighted by molar-refractivity contribution is 5.50. The summed E-state index contributed by atoms with van der Waals surface area (Å²) in [5.74, 6) is 2.44. The maximum Gasteiger partial charge on any atom is 0.164 e. The van der Waals surface area contributed by atoms with Gasteiger partial charge in [0.2, 0.25) is 0 Å². The molecule has 0 aromatic heterocycles. The van der Waals surface area contributed by atoms with Gasteiger partial charge in [-0.05, 0) is 32.5 Å². The van der Waals surface area contributed by atoms with Crippen LogP contribution in [-0.2, 0) is 0 Å². The number of hydrogen-bond donors (Lipinski definition) is 0. The maximum atomic E-state index is 5.92. The SMILES string of the molecule is COc1cccc2c1OCC1C2CCCN1C. The summed E-state index contributed by atoms with van der Waals surface area (Å²) >= 11 is 0. The molecule has 2 unspecified atom stereocenters. The molecule has 0 aliphatic carbocycles. The average Bonchev–Trinajstić information content (AvgIpc) is 2.38. The first-order valence-electron chi connectivity index (χ1n) is 6.31. The zero-order valence-electron chi connectivity index (χ0n) is 10.5. The smallest absolute Gasteiger partial charge is 0.164 e. The van der Waals surface area contributed by atoms with Crippen molar-refractivity contribution in [2.24, 2.45) is 0 Å². The molecular weight excluding hydrogens is 214 g/mol. The summed E-state index contributed by atoms with van der Waals surface area (Å²) in [6.45, 7) is 1.97. The minimum atomic E-state index is 0.531. The third-order valence-electron chi connectivity index (χ3n) is 4.08. The van der Waals surface area contributed by atoms with Crippen molar-refractivity contribution in [3.63, 3.8) is 0 Å². The Balaban J connectivity index is 2.01. The standard InChI is InChI=1S/C14H19NO2/c1-15-8-4-6-10-11-5-3-7-13(16-2)14(11)17-9-12(10)15/h3,5,7,10,12H,4,6,8-9H2,1-2H3. The molecule has 1 aromatic rings. The molecule has 92 valence electrons. The second-order valence-electron chi connectivity index (χ2n) is 4.99. The molecule has 17 heavy (non-hydrogen) atoms. The van der Waals surface area contributed by atoms with E-state index in [1.54, 1.807) is 7.11 Å². The van der Waals surface area contributed by atoms with E-state index < -0.39 is 0 Å². The molecule has 0 bridgehead atoms. The van der Waals surface area contributed by atoms with E-state index in [1.807, 2.05) is 6.07 Å². The van der Waals surface area contributed by atoms with Crippen LogP contribution in [-0.4, -0.2) is 38.3 Å². The van der Waals surface area contributed by atoms with E-state index in [4.69, 9.17) is 9.47 Å². The van der Waals surface area contributed by atoms with E-state index in [0.29, 0.717) is 12.0 Å². The number of fused-ring (bicyclic) bond motifs is 3. The molecule has 0 amide bonds. The Labute approximate surface area is 102 Å². The lowest BCUT2D eigenvalue weighted by atomic mass is 9.82. The Morgan fingerprint density at radius 3 is 3.12 bits per heavy atom. The second kappa shape index (κ2) is 4.22. The van der Waals surface area contributed by atoms with E-state index in [0.717, 1.165) is 18.1 Å². The van der Waals surface area contributed by atoms with Gasteiger partial charge in [0.05, 0.1) is 13.2 Å². The molecule has 0 radical (unpaired) electrons. The highest BCUT2D eigenvalue weighted by Gasteiger charge is 2.36. The second-order valence-corrected chi connectivity index (χ2v) is 4.99. The van der Waals surface area contributed by atoms with Crippen molar-refractivity contribution in [2.75, 3.05) is 27.3 Å². The fraction of sp³-hybridized carbons (Fsp3) is 0.571. The molecule has 0 N–H and O–H groups in total.